The van der Waals surface area contributed by atoms with Gasteiger partial charge in [0.2, 0.25) is 0 Å². The van der Waals surface area contributed by atoms with Gasteiger partial charge in [0.25, 0.3) is 5.56 Å². The maximum Gasteiger partial charge on any atom is 0.330 e. The Kier molecular flexibility index (Phi) is 3.33. The first-order valence-electron chi connectivity index (χ1n) is 5.89. The number of rotatable bonds is 4. The monoisotopic (exact) mass is 251 g/mol. The first-order chi connectivity index (χ1) is 8.52. The van der Waals surface area contributed by atoms with E-state index in [1.807, 2.05) is 13.8 Å². The standard InChI is InChI=1S/C11H17N5O2/c1-6(2)5-16-9-8(10(17)15-11(16)18)13-7(14-9)4-12-3/h6,12H,4-5H2,1-3H3,(H,13,14)(H,15,17,18). The molecule has 0 aliphatic rings. The lowest BCUT2D eigenvalue weighted by Gasteiger charge is -2.07. The van der Waals surface area contributed by atoms with Crippen molar-refractivity contribution in [3.05, 3.63) is 26.7 Å². The number of H-pyrrole nitrogens is 2. The fourth-order valence-corrected chi connectivity index (χ4v) is 1.87. The highest BCUT2D eigenvalue weighted by molar-refractivity contribution is 5.69. The van der Waals surface area contributed by atoms with E-state index >= 15 is 0 Å². The molecule has 2 rings (SSSR count). The summed E-state index contributed by atoms with van der Waals surface area (Å²) in [6.07, 6.45) is 0. The van der Waals surface area contributed by atoms with E-state index < -0.39 is 11.2 Å². The van der Waals surface area contributed by atoms with Crippen LogP contribution in [0.3, 0.4) is 0 Å². The topological polar surface area (TPSA) is 95.6 Å². The zero-order valence-electron chi connectivity index (χ0n) is 10.7. The third-order valence-corrected chi connectivity index (χ3v) is 2.57. The average Bonchev–Trinajstić information content (AvgIpc) is 2.69. The summed E-state index contributed by atoms with van der Waals surface area (Å²) in [7, 11) is 1.79. The van der Waals surface area contributed by atoms with Crippen LogP contribution in [0.1, 0.15) is 19.7 Å². The number of fused-ring (bicyclic) bond motifs is 1. The summed E-state index contributed by atoms with van der Waals surface area (Å²) < 4.78 is 1.50. The molecule has 0 amide bonds. The molecule has 0 saturated heterocycles. The minimum Gasteiger partial charge on any atom is -0.335 e. The Balaban J connectivity index is 2.68. The zero-order valence-corrected chi connectivity index (χ0v) is 10.7. The Morgan fingerprint density at radius 1 is 1.33 bits per heavy atom. The fourth-order valence-electron chi connectivity index (χ4n) is 1.87. The molecule has 0 aromatic carbocycles. The van der Waals surface area contributed by atoms with Crippen LogP contribution < -0.4 is 16.6 Å². The van der Waals surface area contributed by atoms with E-state index in [0.29, 0.717) is 36.0 Å². The fraction of sp³-hybridized carbons (Fsp3) is 0.545. The smallest absolute Gasteiger partial charge is 0.330 e. The van der Waals surface area contributed by atoms with Crippen molar-refractivity contribution in [2.45, 2.75) is 26.9 Å². The van der Waals surface area contributed by atoms with Crippen LogP contribution in [0.5, 0.6) is 0 Å². The molecule has 0 spiro atoms. The van der Waals surface area contributed by atoms with E-state index in [2.05, 4.69) is 20.3 Å². The largest absolute Gasteiger partial charge is 0.335 e. The normalized spacial score (nSPS) is 11.6. The number of hydrogen-bond acceptors (Lipinski definition) is 4. The number of aromatic amines is 2. The van der Waals surface area contributed by atoms with Gasteiger partial charge in [0.05, 0.1) is 6.54 Å². The predicted molar refractivity (Wildman–Crippen MR) is 68.6 cm³/mol. The van der Waals surface area contributed by atoms with Crippen LogP contribution in [0.15, 0.2) is 9.59 Å². The molecular weight excluding hydrogens is 234 g/mol. The summed E-state index contributed by atoms with van der Waals surface area (Å²) in [4.78, 5) is 33.0. The summed E-state index contributed by atoms with van der Waals surface area (Å²) in [6, 6.07) is 0. The maximum atomic E-state index is 11.8. The van der Waals surface area contributed by atoms with Gasteiger partial charge in [0.1, 0.15) is 11.3 Å². The third-order valence-electron chi connectivity index (χ3n) is 2.57. The Morgan fingerprint density at radius 3 is 2.67 bits per heavy atom. The molecule has 7 heteroatoms. The molecule has 3 N–H and O–H groups in total. The van der Waals surface area contributed by atoms with Crippen molar-refractivity contribution in [1.82, 2.24) is 24.8 Å². The van der Waals surface area contributed by atoms with Crippen LogP contribution in [-0.4, -0.2) is 26.6 Å². The van der Waals surface area contributed by atoms with Crippen molar-refractivity contribution in [1.29, 1.82) is 0 Å². The molecule has 0 bridgehead atoms. The van der Waals surface area contributed by atoms with Gasteiger partial charge in [-0.1, -0.05) is 13.8 Å². The Morgan fingerprint density at radius 2 is 2.06 bits per heavy atom. The summed E-state index contributed by atoms with van der Waals surface area (Å²) in [6.45, 7) is 5.05. The van der Waals surface area contributed by atoms with Gasteiger partial charge in [-0.15, -0.1) is 0 Å². The molecule has 2 aromatic rings. The second-order valence-electron chi connectivity index (χ2n) is 4.68. The van der Waals surface area contributed by atoms with Gasteiger partial charge in [-0.2, -0.15) is 0 Å². The molecule has 0 aliphatic heterocycles. The Bertz CT molecular complexity index is 664. The van der Waals surface area contributed by atoms with Gasteiger partial charge in [0.15, 0.2) is 5.65 Å². The lowest BCUT2D eigenvalue weighted by Crippen LogP contribution is -2.31. The number of imidazole rings is 1. The number of hydrogen-bond donors (Lipinski definition) is 3. The molecule has 0 aliphatic carbocycles. The van der Waals surface area contributed by atoms with E-state index in [1.165, 1.54) is 4.57 Å². The SMILES string of the molecule is CNCc1nc2c([nH]1)c(=O)[nH]c(=O)n2CC(C)C. The number of aromatic nitrogens is 4. The predicted octanol–water partition coefficient (Wildman–Crippen LogP) is -0.212. The van der Waals surface area contributed by atoms with Crippen molar-refractivity contribution in [2.24, 2.45) is 5.92 Å². The minimum atomic E-state index is -0.426. The van der Waals surface area contributed by atoms with Gasteiger partial charge in [-0.25, -0.2) is 9.78 Å². The van der Waals surface area contributed by atoms with Gasteiger partial charge in [0, 0.05) is 6.54 Å². The Labute approximate surface area is 103 Å². The molecule has 18 heavy (non-hydrogen) atoms. The molecule has 98 valence electrons. The molecule has 0 saturated carbocycles. The van der Waals surface area contributed by atoms with Gasteiger partial charge in [-0.3, -0.25) is 14.3 Å². The van der Waals surface area contributed by atoms with E-state index in [4.69, 9.17) is 0 Å². The number of nitrogens with zero attached hydrogens (tertiary/aromatic N) is 2. The molecule has 0 radical (unpaired) electrons. The average molecular weight is 251 g/mol. The van der Waals surface area contributed by atoms with E-state index in [9.17, 15) is 9.59 Å². The minimum absolute atomic E-state index is 0.293. The summed E-state index contributed by atoms with van der Waals surface area (Å²) in [5.74, 6) is 0.933. The number of nitrogens with one attached hydrogen (secondary N) is 3. The molecule has 2 aromatic heterocycles. The molecule has 7 nitrogen and oxygen atoms in total. The van der Waals surface area contributed by atoms with Crippen molar-refractivity contribution < 1.29 is 0 Å². The van der Waals surface area contributed by atoms with Crippen LogP contribution in [0.25, 0.3) is 11.2 Å². The van der Waals surface area contributed by atoms with Crippen LogP contribution in [-0.2, 0) is 13.1 Å². The van der Waals surface area contributed by atoms with Crippen LogP contribution in [0.4, 0.5) is 0 Å². The summed E-state index contributed by atoms with van der Waals surface area (Å²) in [5.41, 5.74) is -0.0724. The second kappa shape index (κ2) is 4.77. The third kappa shape index (κ3) is 2.21. The summed E-state index contributed by atoms with van der Waals surface area (Å²) in [5, 5.41) is 2.95. The first kappa shape index (κ1) is 12.6. The highest BCUT2D eigenvalue weighted by Gasteiger charge is 2.13. The van der Waals surface area contributed by atoms with Crippen molar-refractivity contribution >= 4 is 11.2 Å². The highest BCUT2D eigenvalue weighted by Crippen LogP contribution is 2.07. The van der Waals surface area contributed by atoms with Gasteiger partial charge < -0.3 is 10.3 Å². The maximum absolute atomic E-state index is 11.8. The van der Waals surface area contributed by atoms with E-state index in [1.54, 1.807) is 7.05 Å². The van der Waals surface area contributed by atoms with Crippen LogP contribution >= 0.6 is 0 Å². The molecule has 0 unspecified atom stereocenters. The van der Waals surface area contributed by atoms with Crippen LogP contribution in [0, 0.1) is 5.92 Å². The molecular formula is C11H17N5O2. The molecule has 2 heterocycles. The lowest BCUT2D eigenvalue weighted by molar-refractivity contribution is 0.513. The lowest BCUT2D eigenvalue weighted by atomic mass is 10.2. The van der Waals surface area contributed by atoms with E-state index in [0.717, 1.165) is 0 Å². The highest BCUT2D eigenvalue weighted by atomic mass is 16.2. The Hall–Kier alpha value is -1.89. The molecule has 0 atom stereocenters. The van der Waals surface area contributed by atoms with E-state index in [-0.39, 0.29) is 0 Å². The zero-order chi connectivity index (χ0) is 13.3. The molecule has 0 fully saturated rings. The van der Waals surface area contributed by atoms with Crippen molar-refractivity contribution in [3.63, 3.8) is 0 Å². The van der Waals surface area contributed by atoms with Crippen molar-refractivity contribution in [3.8, 4) is 0 Å². The van der Waals surface area contributed by atoms with Gasteiger partial charge in [-0.05, 0) is 13.0 Å². The quantitative estimate of drug-likeness (QED) is 0.700. The summed E-state index contributed by atoms with van der Waals surface area (Å²) >= 11 is 0. The van der Waals surface area contributed by atoms with Crippen molar-refractivity contribution in [2.75, 3.05) is 7.05 Å². The van der Waals surface area contributed by atoms with Crippen LogP contribution in [0.2, 0.25) is 0 Å². The van der Waals surface area contributed by atoms with Gasteiger partial charge >= 0.3 is 5.69 Å². The first-order valence-corrected chi connectivity index (χ1v) is 5.89. The second-order valence-corrected chi connectivity index (χ2v) is 4.68.